The lowest BCUT2D eigenvalue weighted by molar-refractivity contribution is 0.282. The Morgan fingerprint density at radius 3 is 2.00 bits per heavy atom. The van der Waals surface area contributed by atoms with Gasteiger partial charge < -0.3 is 0 Å². The van der Waals surface area contributed by atoms with Gasteiger partial charge in [-0.15, -0.1) is 0 Å². The quantitative estimate of drug-likeness (QED) is 0.653. The molecule has 0 bridgehead atoms. The Hall–Kier alpha value is -0.430. The van der Waals surface area contributed by atoms with Gasteiger partial charge in [-0.3, -0.25) is 0 Å². The van der Waals surface area contributed by atoms with E-state index >= 15 is 0 Å². The van der Waals surface area contributed by atoms with E-state index < -0.39 is 0 Å². The van der Waals surface area contributed by atoms with Crippen molar-refractivity contribution in [2.45, 2.75) is 58.1 Å². The molecule has 0 saturated heterocycles. The molecular weight excluding hydrogens is 236 g/mol. The minimum absolute atomic E-state index is 0.313. The molecule has 2 atom stereocenters. The fourth-order valence-electron chi connectivity index (χ4n) is 2.41. The van der Waals surface area contributed by atoms with Crippen LogP contribution in [-0.2, 0) is 0 Å². The van der Waals surface area contributed by atoms with Gasteiger partial charge in [-0.1, -0.05) is 65.0 Å². The summed E-state index contributed by atoms with van der Waals surface area (Å²) in [7, 11) is 0. The largest absolute Gasteiger partial charge is 0.159 e. The molecule has 0 aliphatic carbocycles. The first-order chi connectivity index (χ1) is 8.32. The fraction of sp³-hybridized carbons (Fsp3) is 0.647. The molecule has 0 saturated carbocycles. The van der Waals surface area contributed by atoms with Crippen LogP contribution in [-0.4, -0.2) is 11.0 Å². The van der Waals surface area contributed by atoms with Gasteiger partial charge >= 0.3 is 0 Å². The average Bonchev–Trinajstić information content (AvgIpc) is 2.35. The van der Waals surface area contributed by atoms with E-state index in [1.54, 1.807) is 0 Å². The van der Waals surface area contributed by atoms with Crippen molar-refractivity contribution in [2.24, 2.45) is 5.41 Å². The summed E-state index contributed by atoms with van der Waals surface area (Å²) in [5.41, 5.74) is 1.80. The second-order valence-electron chi connectivity index (χ2n) is 6.54. The van der Waals surface area contributed by atoms with Crippen LogP contribution < -0.4 is 0 Å². The summed E-state index contributed by atoms with van der Waals surface area (Å²) in [4.78, 5) is 0. The van der Waals surface area contributed by atoms with Gasteiger partial charge in [0.2, 0.25) is 0 Å². The van der Waals surface area contributed by atoms with Crippen LogP contribution in [0.4, 0.5) is 0 Å². The third kappa shape index (κ3) is 4.05. The molecule has 0 aliphatic heterocycles. The van der Waals surface area contributed by atoms with Crippen LogP contribution >= 0.6 is 11.8 Å². The highest BCUT2D eigenvalue weighted by Gasteiger charge is 2.33. The molecule has 0 fully saturated rings. The molecule has 0 aromatic heterocycles. The molecule has 0 heterocycles. The minimum Gasteiger partial charge on any atom is -0.159 e. The highest BCUT2D eigenvalue weighted by atomic mass is 32.2. The van der Waals surface area contributed by atoms with Crippen molar-refractivity contribution in [3.63, 3.8) is 0 Å². The molecule has 1 aromatic rings. The Morgan fingerprint density at radius 2 is 1.61 bits per heavy atom. The van der Waals surface area contributed by atoms with Crippen LogP contribution in [0.5, 0.6) is 0 Å². The van der Waals surface area contributed by atoms with Gasteiger partial charge in [-0.05, 0) is 36.0 Å². The predicted octanol–water partition coefficient (Wildman–Crippen LogP) is 5.74. The van der Waals surface area contributed by atoms with Crippen LogP contribution in [0.2, 0.25) is 0 Å². The van der Waals surface area contributed by atoms with Gasteiger partial charge in [0.15, 0.2) is 0 Å². The van der Waals surface area contributed by atoms with Crippen molar-refractivity contribution in [1.29, 1.82) is 0 Å². The van der Waals surface area contributed by atoms with Crippen molar-refractivity contribution in [1.82, 2.24) is 0 Å². The van der Waals surface area contributed by atoms with E-state index in [2.05, 4.69) is 71.2 Å². The van der Waals surface area contributed by atoms with Crippen LogP contribution in [0.1, 0.15) is 58.9 Å². The average molecular weight is 264 g/mol. The Kier molecular flexibility index (Phi) is 5.33. The zero-order valence-corrected chi connectivity index (χ0v) is 13.6. The molecule has 0 N–H and O–H groups in total. The summed E-state index contributed by atoms with van der Waals surface area (Å²) in [5, 5.41) is 0. The van der Waals surface area contributed by atoms with Crippen LogP contribution in [0.15, 0.2) is 30.3 Å². The summed E-state index contributed by atoms with van der Waals surface area (Å²) in [6.45, 7) is 11.8. The van der Waals surface area contributed by atoms with Gasteiger partial charge in [-0.25, -0.2) is 0 Å². The Labute approximate surface area is 118 Å². The molecule has 0 amide bonds. The smallest absolute Gasteiger partial charge is 0.0132 e. The second kappa shape index (κ2) is 6.14. The van der Waals surface area contributed by atoms with Crippen LogP contribution in [0, 0.1) is 5.41 Å². The summed E-state index contributed by atoms with van der Waals surface area (Å²) < 4.78 is 0.383. The highest BCUT2D eigenvalue weighted by Crippen LogP contribution is 2.45. The van der Waals surface area contributed by atoms with Gasteiger partial charge in [0, 0.05) is 4.75 Å². The van der Waals surface area contributed by atoms with Crippen molar-refractivity contribution in [3.8, 4) is 0 Å². The summed E-state index contributed by atoms with van der Waals surface area (Å²) in [6, 6.07) is 11.0. The number of hydrogen-bond acceptors (Lipinski definition) is 1. The number of thioether (sulfide) groups is 1. The second-order valence-corrected chi connectivity index (χ2v) is 7.93. The van der Waals surface area contributed by atoms with Crippen molar-refractivity contribution < 1.29 is 0 Å². The SMILES string of the molecule is CCC(C)(CC(c1ccccc1)C(C)(C)C)SC. The first kappa shape index (κ1) is 15.6. The zero-order chi connectivity index (χ0) is 13.8. The van der Waals surface area contributed by atoms with Gasteiger partial charge in [0.1, 0.15) is 0 Å². The lowest BCUT2D eigenvalue weighted by Crippen LogP contribution is -2.28. The van der Waals surface area contributed by atoms with E-state index in [1.807, 2.05) is 11.8 Å². The van der Waals surface area contributed by atoms with E-state index in [1.165, 1.54) is 18.4 Å². The predicted molar refractivity (Wildman–Crippen MR) is 85.5 cm³/mol. The van der Waals surface area contributed by atoms with E-state index in [0.29, 0.717) is 16.1 Å². The Morgan fingerprint density at radius 1 is 1.06 bits per heavy atom. The molecule has 18 heavy (non-hydrogen) atoms. The van der Waals surface area contributed by atoms with Crippen molar-refractivity contribution in [3.05, 3.63) is 35.9 Å². The zero-order valence-electron chi connectivity index (χ0n) is 12.8. The highest BCUT2D eigenvalue weighted by molar-refractivity contribution is 7.99. The summed E-state index contributed by atoms with van der Waals surface area (Å²) in [5.74, 6) is 0.621. The first-order valence-electron chi connectivity index (χ1n) is 6.92. The summed E-state index contributed by atoms with van der Waals surface area (Å²) in [6.07, 6.45) is 4.72. The standard InChI is InChI=1S/C17H28S/c1-7-17(5,18-6)13-15(16(2,3)4)14-11-9-8-10-12-14/h8-12,15H,7,13H2,1-6H3. The number of hydrogen-bond donors (Lipinski definition) is 0. The maximum Gasteiger partial charge on any atom is 0.0132 e. The third-order valence-corrected chi connectivity index (χ3v) is 5.56. The van der Waals surface area contributed by atoms with E-state index in [-0.39, 0.29) is 0 Å². The molecular formula is C17H28S. The molecule has 0 spiro atoms. The van der Waals surface area contributed by atoms with E-state index in [4.69, 9.17) is 0 Å². The normalized spacial score (nSPS) is 17.2. The lowest BCUT2D eigenvalue weighted by Gasteiger charge is -2.38. The Bertz CT molecular complexity index is 344. The maximum absolute atomic E-state index is 2.40. The lowest BCUT2D eigenvalue weighted by atomic mass is 9.72. The molecule has 0 aliphatic rings. The molecule has 0 nitrogen and oxygen atoms in total. The monoisotopic (exact) mass is 264 g/mol. The van der Waals surface area contributed by atoms with Gasteiger partial charge in [0.25, 0.3) is 0 Å². The maximum atomic E-state index is 2.40. The van der Waals surface area contributed by atoms with Crippen LogP contribution in [0.3, 0.4) is 0 Å². The number of rotatable bonds is 5. The van der Waals surface area contributed by atoms with Gasteiger partial charge in [0.05, 0.1) is 0 Å². The Balaban J connectivity index is 3.02. The third-order valence-electron chi connectivity index (χ3n) is 4.12. The van der Waals surface area contributed by atoms with Gasteiger partial charge in [-0.2, -0.15) is 11.8 Å². The first-order valence-corrected chi connectivity index (χ1v) is 8.15. The molecule has 1 heteroatoms. The molecule has 0 radical (unpaired) electrons. The topological polar surface area (TPSA) is 0 Å². The van der Waals surface area contributed by atoms with Crippen molar-refractivity contribution in [2.75, 3.05) is 6.26 Å². The van der Waals surface area contributed by atoms with E-state index in [9.17, 15) is 0 Å². The summed E-state index contributed by atoms with van der Waals surface area (Å²) >= 11 is 2.01. The molecule has 2 unspecified atom stereocenters. The fourth-order valence-corrected chi connectivity index (χ4v) is 3.04. The molecule has 1 rings (SSSR count). The molecule has 102 valence electrons. The molecule has 1 aromatic carbocycles. The van der Waals surface area contributed by atoms with Crippen LogP contribution in [0.25, 0.3) is 0 Å². The van der Waals surface area contributed by atoms with Crippen molar-refractivity contribution >= 4 is 11.8 Å². The number of benzene rings is 1. The minimum atomic E-state index is 0.313. The van der Waals surface area contributed by atoms with E-state index in [0.717, 1.165) is 0 Å².